The average molecular weight is 325 g/mol. The van der Waals surface area contributed by atoms with Gasteiger partial charge in [-0.2, -0.15) is 5.10 Å². The Hall–Kier alpha value is -3.15. The van der Waals surface area contributed by atoms with Crippen molar-refractivity contribution in [1.82, 2.24) is 9.78 Å². The zero-order chi connectivity index (χ0) is 16.9. The molecule has 3 rings (SSSR count). The number of nitrogens with zero attached hydrogens (tertiary/aromatic N) is 2. The van der Waals surface area contributed by atoms with E-state index < -0.39 is 0 Å². The third-order valence-electron chi connectivity index (χ3n) is 3.50. The van der Waals surface area contributed by atoms with Crippen LogP contribution in [-0.2, 0) is 6.54 Å². The summed E-state index contributed by atoms with van der Waals surface area (Å²) in [6.07, 6.45) is 3.30. The minimum atomic E-state index is -0.272. The van der Waals surface area contributed by atoms with Gasteiger partial charge in [0, 0.05) is 11.8 Å². The molecule has 0 radical (unpaired) electrons. The van der Waals surface area contributed by atoms with Crippen LogP contribution < -0.4 is 10.1 Å². The predicted molar refractivity (Wildman–Crippen MR) is 88.7 cm³/mol. The summed E-state index contributed by atoms with van der Waals surface area (Å²) in [7, 11) is 1.57. The summed E-state index contributed by atoms with van der Waals surface area (Å²) in [6.45, 7) is 0.499. The quantitative estimate of drug-likeness (QED) is 0.783. The van der Waals surface area contributed by atoms with Gasteiger partial charge in [-0.25, -0.2) is 4.39 Å². The molecule has 1 N–H and O–H groups in total. The second-order valence-electron chi connectivity index (χ2n) is 5.24. The molecule has 122 valence electrons. The molecule has 0 unspecified atom stereocenters. The Bertz CT molecular complexity index is 826. The molecule has 24 heavy (non-hydrogen) atoms. The zero-order valence-electron chi connectivity index (χ0n) is 13.1. The van der Waals surface area contributed by atoms with Gasteiger partial charge in [-0.1, -0.05) is 12.1 Å². The second kappa shape index (κ2) is 6.95. The Morgan fingerprint density at radius 3 is 2.54 bits per heavy atom. The number of rotatable bonds is 5. The Morgan fingerprint density at radius 2 is 1.88 bits per heavy atom. The Labute approximate surface area is 138 Å². The van der Waals surface area contributed by atoms with Crippen molar-refractivity contribution in [2.45, 2.75) is 6.54 Å². The van der Waals surface area contributed by atoms with Gasteiger partial charge in [0.25, 0.3) is 5.91 Å². The summed E-state index contributed by atoms with van der Waals surface area (Å²) in [5, 5.41) is 6.98. The smallest absolute Gasteiger partial charge is 0.255 e. The molecule has 0 atom stereocenters. The number of carbonyl (C=O) groups is 1. The maximum Gasteiger partial charge on any atom is 0.255 e. The summed E-state index contributed by atoms with van der Waals surface area (Å²) < 4.78 is 19.6. The summed E-state index contributed by atoms with van der Waals surface area (Å²) in [6, 6.07) is 13.1. The van der Waals surface area contributed by atoms with Gasteiger partial charge in [0.15, 0.2) is 0 Å². The number of anilines is 1. The standard InChI is InChI=1S/C18H16FN3O2/c1-24-17-8-4-14(5-9-17)18(23)21-16-10-20-22(12-16)11-13-2-6-15(19)7-3-13/h2-10,12H,11H2,1H3,(H,21,23). The monoisotopic (exact) mass is 325 g/mol. The summed E-state index contributed by atoms with van der Waals surface area (Å²) in [5.74, 6) is 0.198. The van der Waals surface area contributed by atoms with E-state index in [2.05, 4.69) is 10.4 Å². The van der Waals surface area contributed by atoms with Crippen LogP contribution in [-0.4, -0.2) is 22.8 Å². The molecule has 0 aliphatic carbocycles. The van der Waals surface area contributed by atoms with Crippen molar-refractivity contribution < 1.29 is 13.9 Å². The first kappa shape index (κ1) is 15.7. The molecule has 0 saturated carbocycles. The van der Waals surface area contributed by atoms with Gasteiger partial charge in [0.1, 0.15) is 11.6 Å². The number of benzene rings is 2. The van der Waals surface area contributed by atoms with Crippen LogP contribution in [0.3, 0.4) is 0 Å². The molecule has 0 aliphatic heterocycles. The van der Waals surface area contributed by atoms with Crippen LogP contribution in [0.1, 0.15) is 15.9 Å². The molecule has 5 nitrogen and oxygen atoms in total. The van der Waals surface area contributed by atoms with E-state index in [9.17, 15) is 9.18 Å². The number of methoxy groups -OCH3 is 1. The molecule has 1 aromatic heterocycles. The lowest BCUT2D eigenvalue weighted by Gasteiger charge is -2.04. The highest BCUT2D eigenvalue weighted by molar-refractivity contribution is 6.04. The van der Waals surface area contributed by atoms with E-state index >= 15 is 0 Å². The van der Waals surface area contributed by atoms with E-state index in [1.54, 1.807) is 60.6 Å². The van der Waals surface area contributed by atoms with Gasteiger partial charge in [-0.3, -0.25) is 9.48 Å². The number of hydrogen-bond acceptors (Lipinski definition) is 3. The highest BCUT2D eigenvalue weighted by Gasteiger charge is 2.08. The second-order valence-corrected chi connectivity index (χ2v) is 5.24. The van der Waals surface area contributed by atoms with Crippen LogP contribution in [0.15, 0.2) is 60.9 Å². The molecule has 1 amide bonds. The third kappa shape index (κ3) is 3.78. The van der Waals surface area contributed by atoms with Crippen molar-refractivity contribution in [2.24, 2.45) is 0 Å². The topological polar surface area (TPSA) is 56.1 Å². The summed E-state index contributed by atoms with van der Waals surface area (Å²) in [5.41, 5.74) is 2.05. The van der Waals surface area contributed by atoms with Crippen molar-refractivity contribution in [3.05, 3.63) is 77.9 Å². The summed E-state index contributed by atoms with van der Waals surface area (Å²) in [4.78, 5) is 12.2. The molecule has 6 heteroatoms. The van der Waals surface area contributed by atoms with Crippen LogP contribution >= 0.6 is 0 Å². The van der Waals surface area contributed by atoms with E-state index in [0.717, 1.165) is 5.56 Å². The van der Waals surface area contributed by atoms with Gasteiger partial charge in [0.05, 0.1) is 25.5 Å². The normalized spacial score (nSPS) is 10.4. The molecule has 0 saturated heterocycles. The first-order valence-corrected chi connectivity index (χ1v) is 7.36. The molecule has 0 bridgehead atoms. The molecule has 0 fully saturated rings. The number of aromatic nitrogens is 2. The maximum atomic E-state index is 12.9. The van der Waals surface area contributed by atoms with Gasteiger partial charge in [-0.05, 0) is 42.0 Å². The van der Waals surface area contributed by atoms with Gasteiger partial charge < -0.3 is 10.1 Å². The SMILES string of the molecule is COc1ccc(C(=O)Nc2cnn(Cc3ccc(F)cc3)c2)cc1. The number of amides is 1. The molecule has 0 spiro atoms. The minimum Gasteiger partial charge on any atom is -0.497 e. The van der Waals surface area contributed by atoms with Crippen molar-refractivity contribution in [2.75, 3.05) is 12.4 Å². The van der Waals surface area contributed by atoms with Gasteiger partial charge in [-0.15, -0.1) is 0 Å². The van der Waals surface area contributed by atoms with Crippen molar-refractivity contribution >= 4 is 11.6 Å². The van der Waals surface area contributed by atoms with Crippen molar-refractivity contribution in [3.63, 3.8) is 0 Å². The number of carbonyl (C=O) groups excluding carboxylic acids is 1. The lowest BCUT2D eigenvalue weighted by atomic mass is 10.2. The van der Waals surface area contributed by atoms with E-state index in [1.807, 2.05) is 0 Å². The molecule has 0 aliphatic rings. The highest BCUT2D eigenvalue weighted by atomic mass is 19.1. The van der Waals surface area contributed by atoms with E-state index in [4.69, 9.17) is 4.74 Å². The molecule has 1 heterocycles. The Morgan fingerprint density at radius 1 is 1.17 bits per heavy atom. The van der Waals surface area contributed by atoms with Crippen molar-refractivity contribution in [1.29, 1.82) is 0 Å². The van der Waals surface area contributed by atoms with Crippen LogP contribution in [0.5, 0.6) is 5.75 Å². The number of nitrogens with one attached hydrogen (secondary N) is 1. The third-order valence-corrected chi connectivity index (χ3v) is 3.50. The molecule has 3 aromatic rings. The average Bonchev–Trinajstić information content (AvgIpc) is 3.04. The van der Waals surface area contributed by atoms with Gasteiger partial charge in [0.2, 0.25) is 0 Å². The van der Waals surface area contributed by atoms with E-state index in [1.165, 1.54) is 12.1 Å². The van der Waals surface area contributed by atoms with Gasteiger partial charge >= 0.3 is 0 Å². The molecular weight excluding hydrogens is 309 g/mol. The Balaban J connectivity index is 1.64. The minimum absolute atomic E-state index is 0.223. The van der Waals surface area contributed by atoms with Crippen LogP contribution in [0.25, 0.3) is 0 Å². The fourth-order valence-electron chi connectivity index (χ4n) is 2.24. The zero-order valence-corrected chi connectivity index (χ0v) is 13.1. The lowest BCUT2D eigenvalue weighted by Crippen LogP contribution is -2.11. The van der Waals surface area contributed by atoms with E-state index in [0.29, 0.717) is 23.5 Å². The lowest BCUT2D eigenvalue weighted by molar-refractivity contribution is 0.102. The van der Waals surface area contributed by atoms with Crippen LogP contribution in [0.2, 0.25) is 0 Å². The van der Waals surface area contributed by atoms with E-state index in [-0.39, 0.29) is 11.7 Å². The fraction of sp³-hybridized carbons (Fsp3) is 0.111. The first-order valence-electron chi connectivity index (χ1n) is 7.36. The van der Waals surface area contributed by atoms with Crippen LogP contribution in [0.4, 0.5) is 10.1 Å². The first-order chi connectivity index (χ1) is 11.6. The highest BCUT2D eigenvalue weighted by Crippen LogP contribution is 2.14. The molecular formula is C18H16FN3O2. The number of hydrogen-bond donors (Lipinski definition) is 1. The Kier molecular flexibility index (Phi) is 4.56. The summed E-state index contributed by atoms with van der Waals surface area (Å²) >= 11 is 0. The van der Waals surface area contributed by atoms with Crippen LogP contribution in [0, 0.1) is 5.82 Å². The fourth-order valence-corrected chi connectivity index (χ4v) is 2.24. The maximum absolute atomic E-state index is 12.9. The predicted octanol–water partition coefficient (Wildman–Crippen LogP) is 3.33. The number of halogens is 1. The molecule has 2 aromatic carbocycles. The largest absolute Gasteiger partial charge is 0.497 e. The van der Waals surface area contributed by atoms with Crippen molar-refractivity contribution in [3.8, 4) is 5.75 Å². The number of ether oxygens (including phenoxy) is 1.